The third-order valence-electron chi connectivity index (χ3n) is 6.24. The molecule has 8 nitrogen and oxygen atoms in total. The number of likely N-dealkylation sites (tertiary alicyclic amines) is 1. The molecule has 2 heterocycles. The average molecular weight is 465 g/mol. The van der Waals surface area contributed by atoms with Crippen molar-refractivity contribution < 1.29 is 14.3 Å². The van der Waals surface area contributed by atoms with E-state index in [0.717, 1.165) is 26.1 Å². The summed E-state index contributed by atoms with van der Waals surface area (Å²) in [5.74, 6) is 0.752. The number of hydrogen-bond donors (Lipinski definition) is 1. The third-order valence-corrected chi connectivity index (χ3v) is 6.24. The number of ether oxygens (including phenoxy) is 2. The first-order valence-electron chi connectivity index (χ1n) is 11.9. The SMILES string of the molecule is COc1cc(OC)cc(-n2nc(C(=O)NCCCN3CCCCCC3)c3ccccc3c2=O)c1. The molecule has 180 valence electrons. The first kappa shape index (κ1) is 23.8. The minimum absolute atomic E-state index is 0.215. The topological polar surface area (TPSA) is 85.7 Å². The lowest BCUT2D eigenvalue weighted by Crippen LogP contribution is -2.33. The van der Waals surface area contributed by atoms with Gasteiger partial charge in [-0.2, -0.15) is 9.78 Å². The fourth-order valence-corrected chi connectivity index (χ4v) is 4.39. The van der Waals surface area contributed by atoms with Gasteiger partial charge in [-0.25, -0.2) is 0 Å². The summed E-state index contributed by atoms with van der Waals surface area (Å²) < 4.78 is 11.9. The number of rotatable bonds is 8. The molecule has 1 aromatic heterocycles. The lowest BCUT2D eigenvalue weighted by atomic mass is 10.1. The van der Waals surface area contributed by atoms with Gasteiger partial charge < -0.3 is 19.7 Å². The highest BCUT2D eigenvalue weighted by molar-refractivity contribution is 6.04. The number of hydrogen-bond acceptors (Lipinski definition) is 6. The monoisotopic (exact) mass is 464 g/mol. The molecule has 34 heavy (non-hydrogen) atoms. The van der Waals surface area contributed by atoms with Gasteiger partial charge in [-0.15, -0.1) is 0 Å². The van der Waals surface area contributed by atoms with Crippen LogP contribution in [-0.2, 0) is 0 Å². The van der Waals surface area contributed by atoms with Gasteiger partial charge in [0.05, 0.1) is 25.3 Å². The Hall–Kier alpha value is -3.39. The van der Waals surface area contributed by atoms with Gasteiger partial charge in [0.2, 0.25) is 0 Å². The molecule has 0 unspecified atom stereocenters. The van der Waals surface area contributed by atoms with Crippen LogP contribution in [0.25, 0.3) is 16.5 Å². The van der Waals surface area contributed by atoms with Crippen LogP contribution in [0.3, 0.4) is 0 Å². The number of nitrogens with one attached hydrogen (secondary N) is 1. The Kier molecular flexibility index (Phi) is 7.80. The smallest absolute Gasteiger partial charge is 0.279 e. The van der Waals surface area contributed by atoms with Crippen molar-refractivity contribution in [2.75, 3.05) is 40.4 Å². The number of fused-ring (bicyclic) bond motifs is 1. The molecule has 2 aromatic carbocycles. The van der Waals surface area contributed by atoms with E-state index in [9.17, 15) is 9.59 Å². The Morgan fingerprint density at radius 2 is 1.62 bits per heavy atom. The number of nitrogens with zero attached hydrogens (tertiary/aromatic N) is 3. The zero-order valence-corrected chi connectivity index (χ0v) is 19.9. The van der Waals surface area contributed by atoms with Gasteiger partial charge in [-0.05, 0) is 45.0 Å². The van der Waals surface area contributed by atoms with Gasteiger partial charge in [-0.1, -0.05) is 31.0 Å². The molecule has 1 saturated heterocycles. The van der Waals surface area contributed by atoms with E-state index < -0.39 is 0 Å². The summed E-state index contributed by atoms with van der Waals surface area (Å²) in [5, 5.41) is 8.43. The summed E-state index contributed by atoms with van der Waals surface area (Å²) >= 11 is 0. The molecule has 8 heteroatoms. The van der Waals surface area contributed by atoms with Crippen molar-refractivity contribution in [1.29, 1.82) is 0 Å². The van der Waals surface area contributed by atoms with Gasteiger partial charge in [0, 0.05) is 30.1 Å². The summed E-state index contributed by atoms with van der Waals surface area (Å²) in [4.78, 5) is 28.9. The summed E-state index contributed by atoms with van der Waals surface area (Å²) in [6, 6.07) is 12.1. The number of benzene rings is 2. The average Bonchev–Trinajstić information content (AvgIpc) is 3.15. The highest BCUT2D eigenvalue weighted by Crippen LogP contribution is 2.25. The second-order valence-electron chi connectivity index (χ2n) is 8.55. The highest BCUT2D eigenvalue weighted by atomic mass is 16.5. The van der Waals surface area contributed by atoms with Crippen LogP contribution in [-0.4, -0.2) is 61.0 Å². The zero-order chi connectivity index (χ0) is 23.9. The standard InChI is InChI=1S/C26H32N4O4/c1-33-20-16-19(17-21(18-20)34-2)30-26(32)23-11-6-5-10-22(23)24(28-30)25(31)27-12-9-15-29-13-7-3-4-8-14-29/h5-6,10-11,16-18H,3-4,7-9,12-15H2,1-2H3,(H,27,31). The number of carbonyl (C=O) groups is 1. The van der Waals surface area contributed by atoms with Crippen LogP contribution in [0.5, 0.6) is 11.5 Å². The van der Waals surface area contributed by atoms with Crippen LogP contribution in [0, 0.1) is 0 Å². The summed E-state index contributed by atoms with van der Waals surface area (Å²) in [7, 11) is 3.08. The summed E-state index contributed by atoms with van der Waals surface area (Å²) in [5.41, 5.74) is 0.359. The summed E-state index contributed by atoms with van der Waals surface area (Å²) in [6.45, 7) is 3.79. The van der Waals surface area contributed by atoms with Crippen molar-refractivity contribution in [2.45, 2.75) is 32.1 Å². The maximum Gasteiger partial charge on any atom is 0.279 e. The quantitative estimate of drug-likeness (QED) is 0.515. The molecule has 1 fully saturated rings. The van der Waals surface area contributed by atoms with Gasteiger partial charge in [-0.3, -0.25) is 9.59 Å². The molecule has 0 bridgehead atoms. The van der Waals surface area contributed by atoms with Gasteiger partial charge >= 0.3 is 0 Å². The maximum absolute atomic E-state index is 13.2. The van der Waals surface area contributed by atoms with Crippen LogP contribution >= 0.6 is 0 Å². The normalized spacial score (nSPS) is 14.5. The molecule has 3 aromatic rings. The van der Waals surface area contributed by atoms with Crippen LogP contribution in [0.15, 0.2) is 47.3 Å². The minimum Gasteiger partial charge on any atom is -0.497 e. The van der Waals surface area contributed by atoms with Crippen LogP contribution < -0.4 is 20.3 Å². The van der Waals surface area contributed by atoms with Crippen molar-refractivity contribution in [1.82, 2.24) is 20.0 Å². The molecular formula is C26H32N4O4. The van der Waals surface area contributed by atoms with Crippen LogP contribution in [0.2, 0.25) is 0 Å². The second-order valence-corrected chi connectivity index (χ2v) is 8.55. The summed E-state index contributed by atoms with van der Waals surface area (Å²) in [6.07, 6.45) is 5.98. The number of aromatic nitrogens is 2. The van der Waals surface area contributed by atoms with E-state index in [1.807, 2.05) is 0 Å². The molecule has 0 atom stereocenters. The molecular weight excluding hydrogens is 432 g/mol. The lowest BCUT2D eigenvalue weighted by molar-refractivity contribution is 0.0947. The van der Waals surface area contributed by atoms with Crippen molar-refractivity contribution >= 4 is 16.7 Å². The molecule has 0 spiro atoms. The van der Waals surface area contributed by atoms with E-state index in [0.29, 0.717) is 34.5 Å². The minimum atomic E-state index is -0.316. The Balaban J connectivity index is 1.59. The Bertz CT molecular complexity index is 1180. The van der Waals surface area contributed by atoms with E-state index in [-0.39, 0.29) is 17.2 Å². The van der Waals surface area contributed by atoms with Crippen molar-refractivity contribution in [3.8, 4) is 17.2 Å². The van der Waals surface area contributed by atoms with Crippen molar-refractivity contribution in [2.24, 2.45) is 0 Å². The molecule has 0 saturated carbocycles. The van der Waals surface area contributed by atoms with E-state index in [4.69, 9.17) is 9.47 Å². The van der Waals surface area contributed by atoms with Crippen LogP contribution in [0.1, 0.15) is 42.6 Å². The fourth-order valence-electron chi connectivity index (χ4n) is 4.39. The molecule has 0 aliphatic carbocycles. The number of methoxy groups -OCH3 is 2. The molecule has 4 rings (SSSR count). The van der Waals surface area contributed by atoms with Gasteiger partial charge in [0.25, 0.3) is 11.5 Å². The molecule has 0 radical (unpaired) electrons. The van der Waals surface area contributed by atoms with E-state index in [2.05, 4.69) is 15.3 Å². The fraction of sp³-hybridized carbons (Fsp3) is 0.423. The molecule has 1 amide bonds. The Morgan fingerprint density at radius 1 is 0.971 bits per heavy atom. The van der Waals surface area contributed by atoms with Crippen molar-refractivity contribution in [3.05, 3.63) is 58.5 Å². The number of amides is 1. The molecule has 1 N–H and O–H groups in total. The van der Waals surface area contributed by atoms with Crippen LogP contribution in [0.4, 0.5) is 0 Å². The second kappa shape index (κ2) is 11.2. The lowest BCUT2D eigenvalue weighted by Gasteiger charge is -2.19. The third kappa shape index (κ3) is 5.39. The van der Waals surface area contributed by atoms with Crippen molar-refractivity contribution in [3.63, 3.8) is 0 Å². The number of carbonyl (C=O) groups excluding carboxylic acids is 1. The molecule has 1 aliphatic heterocycles. The predicted octanol–water partition coefficient (Wildman–Crippen LogP) is 3.40. The largest absolute Gasteiger partial charge is 0.497 e. The maximum atomic E-state index is 13.2. The molecule has 1 aliphatic rings. The Morgan fingerprint density at radius 3 is 2.26 bits per heavy atom. The van der Waals surface area contributed by atoms with E-state index in [1.165, 1.54) is 30.4 Å². The Labute approximate surface area is 199 Å². The first-order valence-corrected chi connectivity index (χ1v) is 11.9. The van der Waals surface area contributed by atoms with Gasteiger partial charge in [0.1, 0.15) is 11.5 Å². The zero-order valence-electron chi connectivity index (χ0n) is 19.9. The van der Waals surface area contributed by atoms with E-state index >= 15 is 0 Å². The first-order chi connectivity index (χ1) is 16.6. The highest BCUT2D eigenvalue weighted by Gasteiger charge is 2.18. The van der Waals surface area contributed by atoms with Gasteiger partial charge in [0.15, 0.2) is 5.69 Å². The predicted molar refractivity (Wildman–Crippen MR) is 132 cm³/mol. The van der Waals surface area contributed by atoms with E-state index in [1.54, 1.807) is 56.7 Å².